The Kier molecular flexibility index (Phi) is 5.55. The molecule has 0 aliphatic carbocycles. The first-order valence-electron chi connectivity index (χ1n) is 7.52. The Labute approximate surface area is 135 Å². The second-order valence-corrected chi connectivity index (χ2v) is 7.57. The second-order valence-electron chi connectivity index (χ2n) is 5.63. The van der Waals surface area contributed by atoms with Gasteiger partial charge in [-0.25, -0.2) is 8.42 Å². The highest BCUT2D eigenvalue weighted by atomic mass is 32.2. The highest BCUT2D eigenvalue weighted by molar-refractivity contribution is 7.89. The predicted molar refractivity (Wildman–Crippen MR) is 85.9 cm³/mol. The average Bonchev–Trinajstić information content (AvgIpc) is 2.55. The summed E-state index contributed by atoms with van der Waals surface area (Å²) in [5.41, 5.74) is -0.127. The molecule has 0 unspecified atom stereocenters. The molecule has 2 N–H and O–H groups in total. The highest BCUT2D eigenvalue weighted by Crippen LogP contribution is 2.30. The maximum absolute atomic E-state index is 12.6. The molecule has 8 nitrogen and oxygen atoms in total. The van der Waals surface area contributed by atoms with E-state index in [0.29, 0.717) is 13.1 Å². The maximum Gasteiger partial charge on any atom is 0.293 e. The Hall–Kier alpha value is -1.71. The van der Waals surface area contributed by atoms with Crippen molar-refractivity contribution < 1.29 is 18.4 Å². The first-order chi connectivity index (χ1) is 10.9. The van der Waals surface area contributed by atoms with E-state index in [1.807, 2.05) is 0 Å². The summed E-state index contributed by atoms with van der Waals surface area (Å²) in [7, 11) is -3.72. The van der Waals surface area contributed by atoms with Crippen LogP contribution in [0.1, 0.15) is 26.2 Å². The molecule has 1 aliphatic rings. The van der Waals surface area contributed by atoms with Crippen LogP contribution in [-0.2, 0) is 10.0 Å². The largest absolute Gasteiger partial charge is 0.394 e. The number of hydrogen-bond acceptors (Lipinski definition) is 6. The molecular formula is C14H21N3O5S. The molecule has 128 valence electrons. The minimum Gasteiger partial charge on any atom is -0.394 e. The van der Waals surface area contributed by atoms with Gasteiger partial charge in [-0.2, -0.15) is 4.31 Å². The second kappa shape index (κ2) is 7.24. The van der Waals surface area contributed by atoms with Gasteiger partial charge in [-0.05, 0) is 31.9 Å². The number of anilines is 1. The Morgan fingerprint density at radius 3 is 2.57 bits per heavy atom. The van der Waals surface area contributed by atoms with Crippen LogP contribution in [0, 0.1) is 10.1 Å². The predicted octanol–water partition coefficient (Wildman–Crippen LogP) is 1.56. The number of nitro groups is 1. The van der Waals surface area contributed by atoms with Crippen molar-refractivity contribution in [1.29, 1.82) is 0 Å². The van der Waals surface area contributed by atoms with Gasteiger partial charge in [0.15, 0.2) is 0 Å². The monoisotopic (exact) mass is 343 g/mol. The molecule has 9 heteroatoms. The summed E-state index contributed by atoms with van der Waals surface area (Å²) >= 11 is 0. The first-order valence-corrected chi connectivity index (χ1v) is 8.96. The lowest BCUT2D eigenvalue weighted by Crippen LogP contribution is -2.35. The molecule has 0 aromatic heterocycles. The minimum absolute atomic E-state index is 0.0756. The fourth-order valence-corrected chi connectivity index (χ4v) is 4.05. The Morgan fingerprint density at radius 2 is 2.00 bits per heavy atom. The molecule has 1 aliphatic heterocycles. The topological polar surface area (TPSA) is 113 Å². The molecule has 0 amide bonds. The van der Waals surface area contributed by atoms with E-state index < -0.39 is 14.9 Å². The van der Waals surface area contributed by atoms with Gasteiger partial charge in [0.05, 0.1) is 16.4 Å². The van der Waals surface area contributed by atoms with Gasteiger partial charge in [0.2, 0.25) is 10.0 Å². The van der Waals surface area contributed by atoms with Gasteiger partial charge in [-0.15, -0.1) is 0 Å². The summed E-state index contributed by atoms with van der Waals surface area (Å²) in [6.07, 6.45) is 2.60. The van der Waals surface area contributed by atoms with Gasteiger partial charge in [-0.1, -0.05) is 6.42 Å². The Bertz CT molecular complexity index is 671. The zero-order valence-electron chi connectivity index (χ0n) is 12.9. The molecule has 23 heavy (non-hydrogen) atoms. The number of hydrogen-bond donors (Lipinski definition) is 2. The summed E-state index contributed by atoms with van der Waals surface area (Å²) < 4.78 is 26.6. The van der Waals surface area contributed by atoms with E-state index in [1.165, 1.54) is 16.4 Å². The van der Waals surface area contributed by atoms with Crippen LogP contribution in [0.15, 0.2) is 23.1 Å². The average molecular weight is 343 g/mol. The molecule has 2 rings (SSSR count). The molecule has 1 aromatic carbocycles. The molecule has 1 aromatic rings. The van der Waals surface area contributed by atoms with Crippen LogP contribution in [0.2, 0.25) is 0 Å². The molecule has 1 saturated heterocycles. The number of sulfonamides is 1. The number of benzene rings is 1. The van der Waals surface area contributed by atoms with E-state index >= 15 is 0 Å². The Morgan fingerprint density at radius 1 is 1.35 bits per heavy atom. The summed E-state index contributed by atoms with van der Waals surface area (Å²) in [6.45, 7) is 2.36. The highest BCUT2D eigenvalue weighted by Gasteiger charge is 2.28. The van der Waals surface area contributed by atoms with Gasteiger partial charge >= 0.3 is 0 Å². The van der Waals surface area contributed by atoms with E-state index in [9.17, 15) is 18.5 Å². The minimum atomic E-state index is -3.72. The normalized spacial score (nSPS) is 17.7. The zero-order valence-corrected chi connectivity index (χ0v) is 13.8. The van der Waals surface area contributed by atoms with Gasteiger partial charge in [0.25, 0.3) is 5.69 Å². The number of aliphatic hydroxyl groups is 1. The van der Waals surface area contributed by atoms with Crippen molar-refractivity contribution in [2.75, 3.05) is 25.0 Å². The summed E-state index contributed by atoms with van der Waals surface area (Å²) in [5, 5.41) is 23.1. The molecule has 0 spiro atoms. The molecule has 0 saturated carbocycles. The molecule has 0 radical (unpaired) electrons. The molecule has 1 heterocycles. The molecule has 1 atom stereocenters. The standard InChI is InChI=1S/C14H21N3O5S/c1-11(10-18)15-13-6-5-12(9-14(13)17(19)20)23(21,22)16-7-3-2-4-8-16/h5-6,9,11,15,18H,2-4,7-8,10H2,1H3/t11-/m0/s1. The lowest BCUT2D eigenvalue weighted by molar-refractivity contribution is -0.384. The van der Waals surface area contributed by atoms with Gasteiger partial charge in [-0.3, -0.25) is 10.1 Å². The van der Waals surface area contributed by atoms with E-state index in [0.717, 1.165) is 25.3 Å². The van der Waals surface area contributed by atoms with E-state index in [-0.39, 0.29) is 28.9 Å². The fourth-order valence-electron chi connectivity index (χ4n) is 2.51. The van der Waals surface area contributed by atoms with Crippen molar-refractivity contribution in [3.63, 3.8) is 0 Å². The van der Waals surface area contributed by atoms with E-state index in [2.05, 4.69) is 5.32 Å². The number of nitro benzene ring substituents is 1. The van der Waals surface area contributed by atoms with Crippen LogP contribution in [-0.4, -0.2) is 48.5 Å². The SMILES string of the molecule is C[C@@H](CO)Nc1ccc(S(=O)(=O)N2CCCCC2)cc1[N+](=O)[O-]. The van der Waals surface area contributed by atoms with Gasteiger partial charge in [0, 0.05) is 25.2 Å². The van der Waals surface area contributed by atoms with Crippen LogP contribution in [0.5, 0.6) is 0 Å². The molecule has 0 bridgehead atoms. The van der Waals surface area contributed by atoms with Gasteiger partial charge in [0.1, 0.15) is 5.69 Å². The summed E-state index contributed by atoms with van der Waals surface area (Å²) in [4.78, 5) is 10.5. The number of aliphatic hydroxyl groups excluding tert-OH is 1. The fraction of sp³-hybridized carbons (Fsp3) is 0.571. The van der Waals surface area contributed by atoms with Crippen molar-refractivity contribution in [3.05, 3.63) is 28.3 Å². The lowest BCUT2D eigenvalue weighted by Gasteiger charge is -2.26. The number of nitrogens with zero attached hydrogens (tertiary/aromatic N) is 2. The smallest absolute Gasteiger partial charge is 0.293 e. The number of piperidine rings is 1. The van der Waals surface area contributed by atoms with Crippen molar-refractivity contribution in [3.8, 4) is 0 Å². The lowest BCUT2D eigenvalue weighted by atomic mass is 10.2. The maximum atomic E-state index is 12.6. The third kappa shape index (κ3) is 3.98. The van der Waals surface area contributed by atoms with Crippen molar-refractivity contribution in [2.45, 2.75) is 37.1 Å². The van der Waals surface area contributed by atoms with E-state index in [1.54, 1.807) is 6.92 Å². The quantitative estimate of drug-likeness (QED) is 0.599. The van der Waals surface area contributed by atoms with Crippen LogP contribution < -0.4 is 5.32 Å². The third-order valence-corrected chi connectivity index (χ3v) is 5.69. The van der Waals surface area contributed by atoms with Crippen LogP contribution in [0.4, 0.5) is 11.4 Å². The number of rotatable bonds is 6. The number of nitrogens with one attached hydrogen (secondary N) is 1. The van der Waals surface area contributed by atoms with Crippen molar-refractivity contribution in [2.24, 2.45) is 0 Å². The Balaban J connectivity index is 2.36. The van der Waals surface area contributed by atoms with Gasteiger partial charge < -0.3 is 10.4 Å². The summed E-state index contributed by atoms with van der Waals surface area (Å²) in [6, 6.07) is 3.44. The van der Waals surface area contributed by atoms with Crippen molar-refractivity contribution >= 4 is 21.4 Å². The van der Waals surface area contributed by atoms with Crippen LogP contribution in [0.25, 0.3) is 0 Å². The molecule has 1 fully saturated rings. The van der Waals surface area contributed by atoms with Crippen molar-refractivity contribution in [1.82, 2.24) is 4.31 Å². The van der Waals surface area contributed by atoms with Crippen LogP contribution in [0.3, 0.4) is 0 Å². The van der Waals surface area contributed by atoms with E-state index in [4.69, 9.17) is 5.11 Å². The zero-order chi connectivity index (χ0) is 17.0. The molecular weight excluding hydrogens is 322 g/mol. The third-order valence-electron chi connectivity index (χ3n) is 3.79. The summed E-state index contributed by atoms with van der Waals surface area (Å²) in [5.74, 6) is 0. The first kappa shape index (κ1) is 17.6. The van der Waals surface area contributed by atoms with Crippen LogP contribution >= 0.6 is 0 Å².